The monoisotopic (exact) mass is 442 g/mol. The number of nitrogens with zero attached hydrogens (tertiary/aromatic N) is 1. The zero-order valence-electron chi connectivity index (χ0n) is 17.6. The Bertz CT molecular complexity index is 1090. The van der Waals surface area contributed by atoms with Crippen molar-refractivity contribution in [3.05, 3.63) is 53.6 Å². The third-order valence-corrected chi connectivity index (χ3v) is 7.50. The fraction of sp³-hybridized carbons (Fsp3) is 0.391. The maximum Gasteiger partial charge on any atom is 0.265 e. The van der Waals surface area contributed by atoms with Gasteiger partial charge in [0.2, 0.25) is 11.8 Å². The van der Waals surface area contributed by atoms with Crippen LogP contribution in [0.4, 0.5) is 5.69 Å². The molecule has 4 rings (SSSR count). The van der Waals surface area contributed by atoms with Crippen LogP contribution in [0.5, 0.6) is 5.75 Å². The van der Waals surface area contributed by atoms with Gasteiger partial charge < -0.3 is 4.74 Å². The van der Waals surface area contributed by atoms with Crippen molar-refractivity contribution in [2.75, 3.05) is 11.8 Å². The summed E-state index contributed by atoms with van der Waals surface area (Å²) in [5.74, 6) is -0.562. The van der Waals surface area contributed by atoms with E-state index in [4.69, 9.17) is 4.74 Å². The van der Waals surface area contributed by atoms with E-state index in [0.717, 1.165) is 31.2 Å². The molecule has 0 radical (unpaired) electrons. The van der Waals surface area contributed by atoms with Gasteiger partial charge in [0.05, 0.1) is 25.5 Å². The lowest BCUT2D eigenvalue weighted by Crippen LogP contribution is -2.30. The molecule has 0 aromatic heterocycles. The van der Waals surface area contributed by atoms with Crippen LogP contribution in [0.2, 0.25) is 0 Å². The molecule has 1 N–H and O–H groups in total. The highest BCUT2D eigenvalue weighted by Crippen LogP contribution is 2.39. The first-order valence-corrected chi connectivity index (χ1v) is 11.9. The van der Waals surface area contributed by atoms with Crippen molar-refractivity contribution in [3.63, 3.8) is 0 Å². The zero-order valence-corrected chi connectivity index (χ0v) is 18.4. The zero-order chi connectivity index (χ0) is 22.2. The first kappa shape index (κ1) is 21.4. The molecule has 2 aromatic carbocycles. The van der Waals surface area contributed by atoms with Crippen LogP contribution in [-0.2, 0) is 26.2 Å². The van der Waals surface area contributed by atoms with Gasteiger partial charge >= 0.3 is 0 Å². The summed E-state index contributed by atoms with van der Waals surface area (Å²) in [6, 6.07) is 11.7. The highest BCUT2D eigenvalue weighted by molar-refractivity contribution is 7.92. The Morgan fingerprint density at radius 1 is 1.00 bits per heavy atom. The number of likely N-dealkylation sites (tertiary alicyclic amines) is 1. The number of hydrogen-bond donors (Lipinski definition) is 1. The summed E-state index contributed by atoms with van der Waals surface area (Å²) in [6.07, 6.45) is 3.41. The third-order valence-electron chi connectivity index (χ3n) is 6.09. The van der Waals surface area contributed by atoms with Crippen molar-refractivity contribution in [3.8, 4) is 5.75 Å². The van der Waals surface area contributed by atoms with Crippen molar-refractivity contribution >= 4 is 27.5 Å². The minimum absolute atomic E-state index is 0.0374. The van der Waals surface area contributed by atoms with Crippen LogP contribution >= 0.6 is 0 Å². The lowest BCUT2D eigenvalue weighted by atomic mass is 9.81. The number of imide groups is 1. The molecule has 1 saturated heterocycles. The van der Waals surface area contributed by atoms with E-state index >= 15 is 0 Å². The maximum absolute atomic E-state index is 13.1. The second-order valence-electron chi connectivity index (χ2n) is 8.22. The van der Waals surface area contributed by atoms with Crippen LogP contribution < -0.4 is 9.46 Å². The van der Waals surface area contributed by atoms with Crippen LogP contribution in [0.1, 0.15) is 36.8 Å². The van der Waals surface area contributed by atoms with Crippen LogP contribution in [-0.4, -0.2) is 32.2 Å². The topological polar surface area (TPSA) is 92.8 Å². The minimum Gasteiger partial charge on any atom is -0.495 e. The number of carbonyl (C=O) groups is 2. The van der Waals surface area contributed by atoms with Crippen molar-refractivity contribution in [1.29, 1.82) is 0 Å². The molecule has 1 aliphatic carbocycles. The quantitative estimate of drug-likeness (QED) is 0.692. The number of sulfonamides is 1. The lowest BCUT2D eigenvalue weighted by molar-refractivity contribution is -0.140. The Morgan fingerprint density at radius 3 is 2.19 bits per heavy atom. The average Bonchev–Trinajstić information content (AvgIpc) is 3.00. The Morgan fingerprint density at radius 2 is 1.61 bits per heavy atom. The van der Waals surface area contributed by atoms with E-state index in [1.54, 1.807) is 24.3 Å². The average molecular weight is 443 g/mol. The maximum atomic E-state index is 13.1. The standard InChI is InChI=1S/C23H26N2O5S/c1-15-7-10-17(11-8-15)24-31(28,29)21-13-16(9-12-20(21)30-2)14-25-22(26)18-5-3-4-6-19(18)23(25)27/h7-13,18-19,24H,3-6,14H2,1-2H3/t18-,19+. The number of rotatable bonds is 6. The Hall–Kier alpha value is -2.87. The molecule has 7 nitrogen and oxygen atoms in total. The molecule has 1 saturated carbocycles. The SMILES string of the molecule is COc1ccc(CN2C(=O)[C@H]3CCCC[C@H]3C2=O)cc1S(=O)(=O)Nc1ccc(C)cc1. The van der Waals surface area contributed by atoms with Crippen molar-refractivity contribution < 1.29 is 22.7 Å². The van der Waals surface area contributed by atoms with Gasteiger partial charge in [0, 0.05) is 5.69 Å². The second-order valence-corrected chi connectivity index (χ2v) is 9.87. The fourth-order valence-electron chi connectivity index (χ4n) is 4.43. The van der Waals surface area contributed by atoms with Crippen LogP contribution in [0.25, 0.3) is 0 Å². The van der Waals surface area contributed by atoms with Crippen molar-refractivity contribution in [1.82, 2.24) is 4.90 Å². The summed E-state index contributed by atoms with van der Waals surface area (Å²) < 4.78 is 33.9. The number of anilines is 1. The molecule has 2 atom stereocenters. The predicted octanol–water partition coefficient (Wildman–Crippen LogP) is 3.48. The largest absolute Gasteiger partial charge is 0.495 e. The highest BCUT2D eigenvalue weighted by Gasteiger charge is 2.47. The summed E-state index contributed by atoms with van der Waals surface area (Å²) >= 11 is 0. The van der Waals surface area contributed by atoms with Crippen LogP contribution in [0.3, 0.4) is 0 Å². The van der Waals surface area contributed by atoms with E-state index in [2.05, 4.69) is 4.72 Å². The van der Waals surface area contributed by atoms with E-state index in [0.29, 0.717) is 11.3 Å². The van der Waals surface area contributed by atoms with E-state index < -0.39 is 10.0 Å². The number of aryl methyl sites for hydroxylation is 1. The van der Waals surface area contributed by atoms with E-state index in [9.17, 15) is 18.0 Å². The highest BCUT2D eigenvalue weighted by atomic mass is 32.2. The Labute approximate surface area is 182 Å². The molecule has 1 aliphatic heterocycles. The predicted molar refractivity (Wildman–Crippen MR) is 116 cm³/mol. The summed E-state index contributed by atoms with van der Waals surface area (Å²) in [4.78, 5) is 26.8. The molecule has 2 aliphatic rings. The number of carbonyl (C=O) groups excluding carboxylic acids is 2. The van der Waals surface area contributed by atoms with Gasteiger partial charge in [-0.3, -0.25) is 19.2 Å². The molecule has 2 amide bonds. The summed E-state index contributed by atoms with van der Waals surface area (Å²) in [5, 5.41) is 0. The molecule has 31 heavy (non-hydrogen) atoms. The van der Waals surface area contributed by atoms with E-state index in [1.165, 1.54) is 18.1 Å². The molecular weight excluding hydrogens is 416 g/mol. The van der Waals surface area contributed by atoms with Crippen LogP contribution in [0, 0.1) is 18.8 Å². The van der Waals surface area contributed by atoms with Gasteiger partial charge in [-0.2, -0.15) is 0 Å². The molecule has 2 fully saturated rings. The summed E-state index contributed by atoms with van der Waals surface area (Å²) in [6.45, 7) is 1.98. The molecule has 0 spiro atoms. The lowest BCUT2D eigenvalue weighted by Gasteiger charge is -2.19. The fourth-order valence-corrected chi connectivity index (χ4v) is 5.71. The number of fused-ring (bicyclic) bond motifs is 1. The van der Waals surface area contributed by atoms with Gasteiger partial charge in [-0.05, 0) is 49.6 Å². The Balaban J connectivity index is 1.61. The number of nitrogens with one attached hydrogen (secondary N) is 1. The van der Waals surface area contributed by atoms with Gasteiger partial charge in [0.1, 0.15) is 10.6 Å². The summed E-state index contributed by atoms with van der Waals surface area (Å²) in [5.41, 5.74) is 2.01. The first-order chi connectivity index (χ1) is 14.8. The first-order valence-electron chi connectivity index (χ1n) is 10.4. The normalized spacial score (nSPS) is 21.2. The molecule has 1 heterocycles. The van der Waals surface area contributed by atoms with Gasteiger partial charge in [-0.1, -0.05) is 36.6 Å². The van der Waals surface area contributed by atoms with Gasteiger partial charge in [0.15, 0.2) is 0 Å². The molecule has 164 valence electrons. The molecular formula is C23H26N2O5S. The smallest absolute Gasteiger partial charge is 0.265 e. The number of benzene rings is 2. The molecule has 2 aromatic rings. The number of ether oxygens (including phenoxy) is 1. The second kappa shape index (κ2) is 8.34. The van der Waals surface area contributed by atoms with Gasteiger partial charge in [-0.15, -0.1) is 0 Å². The van der Waals surface area contributed by atoms with Crippen LogP contribution in [0.15, 0.2) is 47.4 Å². The van der Waals surface area contributed by atoms with Gasteiger partial charge in [-0.25, -0.2) is 8.42 Å². The number of hydrogen-bond acceptors (Lipinski definition) is 5. The van der Waals surface area contributed by atoms with E-state index in [-0.39, 0.29) is 40.8 Å². The van der Waals surface area contributed by atoms with E-state index in [1.807, 2.05) is 19.1 Å². The molecule has 8 heteroatoms. The number of amides is 2. The number of methoxy groups -OCH3 is 1. The third kappa shape index (κ3) is 4.17. The van der Waals surface area contributed by atoms with Gasteiger partial charge in [0.25, 0.3) is 10.0 Å². The summed E-state index contributed by atoms with van der Waals surface area (Å²) in [7, 11) is -2.54. The van der Waals surface area contributed by atoms with Crippen molar-refractivity contribution in [2.45, 2.75) is 44.0 Å². The van der Waals surface area contributed by atoms with Crippen molar-refractivity contribution in [2.24, 2.45) is 11.8 Å². The Kier molecular flexibility index (Phi) is 5.75. The minimum atomic E-state index is -3.94. The molecule has 0 bridgehead atoms. The molecule has 0 unspecified atom stereocenters.